The molecule has 2 rings (SSSR count). The van der Waals surface area contributed by atoms with E-state index in [0.717, 1.165) is 17.1 Å². The highest BCUT2D eigenvalue weighted by Gasteiger charge is 2.07. The second kappa shape index (κ2) is 4.77. The van der Waals surface area contributed by atoms with Gasteiger partial charge in [0.05, 0.1) is 6.20 Å². The van der Waals surface area contributed by atoms with Gasteiger partial charge in [-0.15, -0.1) is 0 Å². The lowest BCUT2D eigenvalue weighted by Crippen LogP contribution is -2.06. The topological polar surface area (TPSA) is 48.1 Å². The Labute approximate surface area is 94.9 Å². The Kier molecular flexibility index (Phi) is 3.17. The van der Waals surface area contributed by atoms with E-state index in [1.807, 2.05) is 43.3 Å². The summed E-state index contributed by atoms with van der Waals surface area (Å²) < 4.78 is 5.73. The first-order valence-electron chi connectivity index (χ1n) is 5.20. The number of hydrogen-bond donors (Lipinski definition) is 1. The van der Waals surface area contributed by atoms with Crippen LogP contribution in [0.1, 0.15) is 18.5 Å². The van der Waals surface area contributed by atoms with Crippen molar-refractivity contribution in [3.05, 3.63) is 54.4 Å². The summed E-state index contributed by atoms with van der Waals surface area (Å²) in [6.07, 6.45) is 3.39. The third-order valence-corrected chi connectivity index (χ3v) is 2.27. The number of para-hydroxylation sites is 1. The third-order valence-electron chi connectivity index (χ3n) is 2.27. The molecule has 0 fully saturated rings. The highest BCUT2D eigenvalue weighted by molar-refractivity contribution is 5.38. The molecular weight excluding hydrogens is 200 g/mol. The van der Waals surface area contributed by atoms with E-state index < -0.39 is 0 Å². The van der Waals surface area contributed by atoms with Crippen LogP contribution in [0.15, 0.2) is 48.8 Å². The molecule has 0 saturated heterocycles. The number of benzene rings is 1. The zero-order chi connectivity index (χ0) is 11.4. The van der Waals surface area contributed by atoms with Crippen LogP contribution < -0.4 is 10.5 Å². The average molecular weight is 214 g/mol. The highest BCUT2D eigenvalue weighted by Crippen LogP contribution is 2.27. The normalized spacial score (nSPS) is 12.1. The molecule has 16 heavy (non-hydrogen) atoms. The molecule has 1 aromatic carbocycles. The van der Waals surface area contributed by atoms with E-state index in [1.54, 1.807) is 12.4 Å². The molecular formula is C13H14N2O. The van der Waals surface area contributed by atoms with Gasteiger partial charge < -0.3 is 10.5 Å². The Morgan fingerprint density at radius 3 is 2.69 bits per heavy atom. The number of aromatic nitrogens is 1. The zero-order valence-corrected chi connectivity index (χ0v) is 9.13. The molecule has 0 unspecified atom stereocenters. The van der Waals surface area contributed by atoms with Gasteiger partial charge in [-0.3, -0.25) is 4.98 Å². The van der Waals surface area contributed by atoms with Crippen LogP contribution in [0.3, 0.4) is 0 Å². The molecule has 0 radical (unpaired) electrons. The minimum absolute atomic E-state index is 0.0483. The number of ether oxygens (including phenoxy) is 1. The van der Waals surface area contributed by atoms with Crippen molar-refractivity contribution in [1.29, 1.82) is 0 Å². The molecule has 1 heterocycles. The quantitative estimate of drug-likeness (QED) is 0.854. The molecule has 2 aromatic rings. The van der Waals surface area contributed by atoms with Gasteiger partial charge in [0.15, 0.2) is 0 Å². The number of nitrogens with zero attached hydrogens (tertiary/aromatic N) is 1. The van der Waals surface area contributed by atoms with Gasteiger partial charge in [0, 0.05) is 17.8 Å². The van der Waals surface area contributed by atoms with E-state index >= 15 is 0 Å². The zero-order valence-electron chi connectivity index (χ0n) is 9.13. The first-order valence-corrected chi connectivity index (χ1v) is 5.20. The van der Waals surface area contributed by atoms with Gasteiger partial charge in [0.2, 0.25) is 0 Å². The van der Waals surface area contributed by atoms with Crippen molar-refractivity contribution < 1.29 is 4.74 Å². The maximum Gasteiger partial charge on any atom is 0.145 e. The summed E-state index contributed by atoms with van der Waals surface area (Å²) >= 11 is 0. The van der Waals surface area contributed by atoms with Crippen molar-refractivity contribution >= 4 is 0 Å². The first-order chi connectivity index (χ1) is 7.77. The second-order valence-corrected chi connectivity index (χ2v) is 3.62. The first kappa shape index (κ1) is 10.6. The van der Waals surface area contributed by atoms with Crippen molar-refractivity contribution in [2.75, 3.05) is 0 Å². The van der Waals surface area contributed by atoms with Crippen LogP contribution in [0.5, 0.6) is 11.5 Å². The van der Waals surface area contributed by atoms with Gasteiger partial charge in [-0.2, -0.15) is 0 Å². The van der Waals surface area contributed by atoms with Gasteiger partial charge in [0.25, 0.3) is 0 Å². The Hall–Kier alpha value is -1.87. The van der Waals surface area contributed by atoms with Crippen molar-refractivity contribution in [2.45, 2.75) is 13.0 Å². The predicted molar refractivity (Wildman–Crippen MR) is 63.4 cm³/mol. The fourth-order valence-corrected chi connectivity index (χ4v) is 1.48. The Balaban J connectivity index is 2.28. The molecule has 3 nitrogen and oxygen atoms in total. The van der Waals surface area contributed by atoms with E-state index in [0.29, 0.717) is 0 Å². The van der Waals surface area contributed by atoms with E-state index in [-0.39, 0.29) is 6.04 Å². The molecule has 0 saturated carbocycles. The molecule has 2 N–H and O–H groups in total. The molecule has 0 aliphatic carbocycles. The summed E-state index contributed by atoms with van der Waals surface area (Å²) in [5, 5.41) is 0. The number of hydrogen-bond acceptors (Lipinski definition) is 3. The molecule has 1 aromatic heterocycles. The maximum absolute atomic E-state index is 5.87. The summed E-state index contributed by atoms with van der Waals surface area (Å²) in [4.78, 5) is 4.00. The van der Waals surface area contributed by atoms with Crippen LogP contribution in [0.2, 0.25) is 0 Å². The van der Waals surface area contributed by atoms with Gasteiger partial charge in [-0.05, 0) is 25.1 Å². The van der Waals surface area contributed by atoms with Gasteiger partial charge in [-0.1, -0.05) is 18.2 Å². The maximum atomic E-state index is 5.87. The molecule has 0 amide bonds. The smallest absolute Gasteiger partial charge is 0.145 e. The number of pyridine rings is 1. The fourth-order valence-electron chi connectivity index (χ4n) is 1.48. The van der Waals surface area contributed by atoms with Crippen molar-refractivity contribution in [1.82, 2.24) is 4.98 Å². The van der Waals surface area contributed by atoms with E-state index in [4.69, 9.17) is 10.5 Å². The van der Waals surface area contributed by atoms with Gasteiger partial charge in [0.1, 0.15) is 11.5 Å². The van der Waals surface area contributed by atoms with E-state index in [1.165, 1.54) is 0 Å². The molecule has 1 atom stereocenters. The van der Waals surface area contributed by atoms with Crippen LogP contribution in [-0.4, -0.2) is 4.98 Å². The highest BCUT2D eigenvalue weighted by atomic mass is 16.5. The Morgan fingerprint density at radius 2 is 2.00 bits per heavy atom. The molecule has 0 bridgehead atoms. The van der Waals surface area contributed by atoms with Crippen LogP contribution >= 0.6 is 0 Å². The van der Waals surface area contributed by atoms with Crippen molar-refractivity contribution in [2.24, 2.45) is 5.73 Å². The Morgan fingerprint density at radius 1 is 1.19 bits per heavy atom. The average Bonchev–Trinajstić information content (AvgIpc) is 2.31. The summed E-state index contributed by atoms with van der Waals surface area (Å²) in [7, 11) is 0. The molecule has 3 heteroatoms. The minimum atomic E-state index is -0.0483. The van der Waals surface area contributed by atoms with Crippen LogP contribution in [0.25, 0.3) is 0 Å². The number of nitrogens with two attached hydrogens (primary N) is 1. The largest absolute Gasteiger partial charge is 0.455 e. The van der Waals surface area contributed by atoms with E-state index in [9.17, 15) is 0 Å². The van der Waals surface area contributed by atoms with E-state index in [2.05, 4.69) is 4.98 Å². The van der Waals surface area contributed by atoms with Gasteiger partial charge >= 0.3 is 0 Å². The summed E-state index contributed by atoms with van der Waals surface area (Å²) in [6, 6.07) is 11.4. The van der Waals surface area contributed by atoms with Gasteiger partial charge in [-0.25, -0.2) is 0 Å². The van der Waals surface area contributed by atoms with Crippen LogP contribution in [-0.2, 0) is 0 Å². The summed E-state index contributed by atoms with van der Waals surface area (Å²) in [6.45, 7) is 1.94. The van der Waals surface area contributed by atoms with Crippen LogP contribution in [0, 0.1) is 0 Å². The summed E-state index contributed by atoms with van der Waals surface area (Å²) in [5.74, 6) is 1.50. The second-order valence-electron chi connectivity index (χ2n) is 3.62. The lowest BCUT2D eigenvalue weighted by molar-refractivity contribution is 0.470. The molecule has 0 aliphatic heterocycles. The molecule has 82 valence electrons. The minimum Gasteiger partial charge on any atom is -0.455 e. The van der Waals surface area contributed by atoms with Crippen molar-refractivity contribution in [3.63, 3.8) is 0 Å². The monoisotopic (exact) mass is 214 g/mol. The lowest BCUT2D eigenvalue weighted by Gasteiger charge is -2.12. The Bertz CT molecular complexity index is 454. The third kappa shape index (κ3) is 2.38. The predicted octanol–water partition coefficient (Wildman–Crippen LogP) is 2.89. The van der Waals surface area contributed by atoms with Crippen LogP contribution in [0.4, 0.5) is 0 Å². The standard InChI is InChI=1S/C13H14N2O/c1-10(14)12-6-2-3-7-13(12)16-11-5-4-8-15-9-11/h2-10H,14H2,1H3/t10-/m0/s1. The SMILES string of the molecule is C[C@H](N)c1ccccc1Oc1cccnc1. The lowest BCUT2D eigenvalue weighted by atomic mass is 10.1. The molecule has 0 aliphatic rings. The fraction of sp³-hybridized carbons (Fsp3) is 0.154. The summed E-state index contributed by atoms with van der Waals surface area (Å²) in [5.41, 5.74) is 6.86. The molecule has 0 spiro atoms. The van der Waals surface area contributed by atoms with Crippen molar-refractivity contribution in [3.8, 4) is 11.5 Å². The number of rotatable bonds is 3.